The van der Waals surface area contributed by atoms with Crippen LogP contribution in [0.4, 0.5) is 4.79 Å². The first-order chi connectivity index (χ1) is 17.1. The quantitative estimate of drug-likeness (QED) is 0.529. The number of amides is 2. The Morgan fingerprint density at radius 3 is 2.47 bits per heavy atom. The Kier molecular flexibility index (Phi) is 8.79. The van der Waals surface area contributed by atoms with Gasteiger partial charge in [0.25, 0.3) is 5.91 Å². The predicted molar refractivity (Wildman–Crippen MR) is 137 cm³/mol. The zero-order valence-corrected chi connectivity index (χ0v) is 21.5. The molecule has 0 saturated carbocycles. The molecule has 0 bridgehead atoms. The molecule has 1 atom stereocenters. The first-order valence-electron chi connectivity index (χ1n) is 12.1. The molecule has 2 aromatic carbocycles. The minimum Gasteiger partial charge on any atom is -0.493 e. The van der Waals surface area contributed by atoms with E-state index in [9.17, 15) is 14.7 Å². The molecule has 3 rings (SSSR count). The molecular formula is C27H35N3O6. The van der Waals surface area contributed by atoms with E-state index in [4.69, 9.17) is 14.2 Å². The monoisotopic (exact) mass is 497 g/mol. The van der Waals surface area contributed by atoms with Crippen molar-refractivity contribution in [3.63, 3.8) is 0 Å². The van der Waals surface area contributed by atoms with Crippen molar-refractivity contribution >= 4 is 17.7 Å². The van der Waals surface area contributed by atoms with Crippen LogP contribution in [0.25, 0.3) is 0 Å². The Morgan fingerprint density at radius 1 is 1.14 bits per heavy atom. The van der Waals surface area contributed by atoms with Gasteiger partial charge in [0.1, 0.15) is 17.4 Å². The molecule has 36 heavy (non-hydrogen) atoms. The van der Waals surface area contributed by atoms with Crippen molar-refractivity contribution in [1.29, 1.82) is 0 Å². The van der Waals surface area contributed by atoms with Gasteiger partial charge in [-0.3, -0.25) is 4.79 Å². The fourth-order valence-corrected chi connectivity index (χ4v) is 3.94. The fourth-order valence-electron chi connectivity index (χ4n) is 3.94. The number of hydrogen-bond donors (Lipinski definition) is 2. The zero-order chi connectivity index (χ0) is 26.3. The van der Waals surface area contributed by atoms with Gasteiger partial charge in [0.15, 0.2) is 11.5 Å². The van der Waals surface area contributed by atoms with Crippen LogP contribution in [-0.2, 0) is 11.2 Å². The second-order valence-electron chi connectivity index (χ2n) is 9.47. The van der Waals surface area contributed by atoms with Gasteiger partial charge in [-0.05, 0) is 76.4 Å². The van der Waals surface area contributed by atoms with Crippen molar-refractivity contribution in [2.75, 3.05) is 20.3 Å². The van der Waals surface area contributed by atoms with Crippen LogP contribution in [-0.4, -0.2) is 59.7 Å². The number of nitrogens with zero attached hydrogens (tertiary/aromatic N) is 2. The summed E-state index contributed by atoms with van der Waals surface area (Å²) in [6.07, 6.45) is 0.325. The van der Waals surface area contributed by atoms with E-state index in [2.05, 4.69) is 10.4 Å². The lowest BCUT2D eigenvalue weighted by Gasteiger charge is -2.28. The highest BCUT2D eigenvalue weighted by Gasteiger charge is 2.29. The molecule has 9 nitrogen and oxygen atoms in total. The summed E-state index contributed by atoms with van der Waals surface area (Å²) in [5, 5.41) is 17.7. The number of rotatable bonds is 9. The summed E-state index contributed by atoms with van der Waals surface area (Å²) in [6.45, 7) is 8.68. The highest BCUT2D eigenvalue weighted by molar-refractivity contribution is 6.02. The molecule has 0 unspecified atom stereocenters. The van der Waals surface area contributed by atoms with Crippen LogP contribution in [0.15, 0.2) is 47.6 Å². The molecule has 194 valence electrons. The molecule has 1 aliphatic rings. The third kappa shape index (κ3) is 7.37. The molecule has 2 N–H and O–H groups in total. The molecule has 0 radical (unpaired) electrons. The van der Waals surface area contributed by atoms with Crippen LogP contribution in [0.2, 0.25) is 0 Å². The molecule has 0 fully saturated rings. The van der Waals surface area contributed by atoms with E-state index in [-0.39, 0.29) is 12.0 Å². The van der Waals surface area contributed by atoms with Gasteiger partial charge in [-0.2, -0.15) is 5.10 Å². The Labute approximate surface area is 212 Å². The molecular weight excluding hydrogens is 462 g/mol. The summed E-state index contributed by atoms with van der Waals surface area (Å²) >= 11 is 0. The molecule has 2 amide bonds. The molecule has 1 aliphatic heterocycles. The average molecular weight is 498 g/mol. The van der Waals surface area contributed by atoms with Gasteiger partial charge in [0, 0.05) is 18.5 Å². The van der Waals surface area contributed by atoms with Crippen LogP contribution in [0.1, 0.15) is 51.7 Å². The molecule has 0 saturated heterocycles. The van der Waals surface area contributed by atoms with Crippen molar-refractivity contribution in [2.24, 2.45) is 5.10 Å². The smallest absolute Gasteiger partial charge is 0.405 e. The number of benzene rings is 2. The van der Waals surface area contributed by atoms with Crippen molar-refractivity contribution in [2.45, 2.75) is 58.6 Å². The summed E-state index contributed by atoms with van der Waals surface area (Å²) in [7, 11) is 1.58. The molecule has 9 heteroatoms. The van der Waals surface area contributed by atoms with Gasteiger partial charge in [-0.25, -0.2) is 9.80 Å². The van der Waals surface area contributed by atoms with E-state index in [0.29, 0.717) is 43.2 Å². The minimum absolute atomic E-state index is 0.194. The largest absolute Gasteiger partial charge is 0.493 e. The topological polar surface area (TPSA) is 110 Å². The third-order valence-electron chi connectivity index (χ3n) is 5.46. The molecule has 2 aromatic rings. The summed E-state index contributed by atoms with van der Waals surface area (Å²) in [5.74, 6) is 1.53. The zero-order valence-electron chi connectivity index (χ0n) is 21.5. The Morgan fingerprint density at radius 2 is 1.86 bits per heavy atom. The summed E-state index contributed by atoms with van der Waals surface area (Å²) in [6, 6.07) is 11.9. The van der Waals surface area contributed by atoms with Crippen LogP contribution >= 0.6 is 0 Å². The van der Waals surface area contributed by atoms with Crippen LogP contribution < -0.4 is 19.5 Å². The number of carboxylic acid groups (broad SMARTS) is 1. The fraction of sp³-hybridized carbons (Fsp3) is 0.444. The maximum Gasteiger partial charge on any atom is 0.405 e. The van der Waals surface area contributed by atoms with Crippen LogP contribution in [0.5, 0.6) is 17.2 Å². The normalized spacial score (nSPS) is 14.5. The summed E-state index contributed by atoms with van der Waals surface area (Å²) < 4.78 is 16.9. The number of nitrogens with one attached hydrogen (secondary N) is 1. The number of carbonyl (C=O) groups is 2. The highest BCUT2D eigenvalue weighted by atomic mass is 16.5. The van der Waals surface area contributed by atoms with Crippen molar-refractivity contribution in [3.05, 3.63) is 53.6 Å². The molecule has 1 heterocycles. The highest BCUT2D eigenvalue weighted by Crippen LogP contribution is 2.29. The Hall–Kier alpha value is -3.75. The minimum atomic E-state index is -1.27. The van der Waals surface area contributed by atoms with E-state index in [1.54, 1.807) is 7.11 Å². The first-order valence-corrected chi connectivity index (χ1v) is 12.1. The van der Waals surface area contributed by atoms with Crippen molar-refractivity contribution in [3.8, 4) is 17.2 Å². The van der Waals surface area contributed by atoms with E-state index in [1.165, 1.54) is 5.01 Å². The summed E-state index contributed by atoms with van der Waals surface area (Å²) in [4.78, 5) is 24.8. The lowest BCUT2D eigenvalue weighted by molar-refractivity contribution is -0.133. The third-order valence-corrected chi connectivity index (χ3v) is 5.46. The van der Waals surface area contributed by atoms with E-state index in [1.807, 2.05) is 70.2 Å². The maximum absolute atomic E-state index is 13.4. The van der Waals surface area contributed by atoms with E-state index in [0.717, 1.165) is 16.8 Å². The lowest BCUT2D eigenvalue weighted by Crippen LogP contribution is -2.49. The predicted octanol–water partition coefficient (Wildman–Crippen LogP) is 4.48. The van der Waals surface area contributed by atoms with E-state index >= 15 is 0 Å². The van der Waals surface area contributed by atoms with Gasteiger partial charge in [-0.1, -0.05) is 12.1 Å². The standard InChI is InChI=1S/C27H35N3O6/c1-6-35-24-17-19(11-14-23(24)34-5)21-8-7-15-30(29-21)25(31)22(28-26(32)33)16-18-9-12-20(13-10-18)36-27(2,3)4/h9-14,17,22,28H,6-8,15-16H2,1-5H3,(H,32,33)/t22-/m0/s1. The first kappa shape index (κ1) is 26.8. The summed E-state index contributed by atoms with van der Waals surface area (Å²) in [5.41, 5.74) is 2.04. The number of carbonyl (C=O) groups excluding carboxylic acids is 1. The maximum atomic E-state index is 13.4. The average Bonchev–Trinajstić information content (AvgIpc) is 2.83. The van der Waals surface area contributed by atoms with Crippen LogP contribution in [0, 0.1) is 0 Å². The van der Waals surface area contributed by atoms with Gasteiger partial charge in [-0.15, -0.1) is 0 Å². The van der Waals surface area contributed by atoms with Gasteiger partial charge in [0.2, 0.25) is 0 Å². The second kappa shape index (κ2) is 11.8. The van der Waals surface area contributed by atoms with Gasteiger partial charge < -0.3 is 24.6 Å². The second-order valence-corrected chi connectivity index (χ2v) is 9.47. The number of ether oxygens (including phenoxy) is 3. The number of hydrazone groups is 1. The molecule has 0 aliphatic carbocycles. The van der Waals surface area contributed by atoms with Gasteiger partial charge in [0.05, 0.1) is 19.4 Å². The lowest BCUT2D eigenvalue weighted by atomic mass is 10.0. The SMILES string of the molecule is CCOc1cc(C2=NN(C(=O)[C@H](Cc3ccc(OC(C)(C)C)cc3)NC(=O)O)CCC2)ccc1OC. The molecule has 0 spiro atoms. The van der Waals surface area contributed by atoms with E-state index < -0.39 is 18.0 Å². The molecule has 0 aromatic heterocycles. The van der Waals surface area contributed by atoms with Gasteiger partial charge >= 0.3 is 6.09 Å². The Bertz CT molecular complexity index is 1090. The Balaban J connectivity index is 1.80. The van der Waals surface area contributed by atoms with Crippen LogP contribution in [0.3, 0.4) is 0 Å². The van der Waals surface area contributed by atoms with Crippen molar-refractivity contribution in [1.82, 2.24) is 10.3 Å². The number of hydrogen-bond acceptors (Lipinski definition) is 6. The van der Waals surface area contributed by atoms with Crippen molar-refractivity contribution < 1.29 is 28.9 Å². The number of methoxy groups -OCH3 is 1.